The summed E-state index contributed by atoms with van der Waals surface area (Å²) in [6.45, 7) is 4.07. The summed E-state index contributed by atoms with van der Waals surface area (Å²) in [5, 5.41) is 1.18. The van der Waals surface area contributed by atoms with Crippen molar-refractivity contribution in [3.8, 4) is 0 Å². The number of nitrogens with two attached hydrogens (primary N) is 1. The molecular formula is C14H22Cl2N4. The number of aromatic amines is 1. The Hall–Kier alpha value is -0.810. The van der Waals surface area contributed by atoms with Gasteiger partial charge in [-0.2, -0.15) is 0 Å². The molecule has 1 fully saturated rings. The Bertz CT molecular complexity index is 521. The van der Waals surface area contributed by atoms with Gasteiger partial charge in [0.2, 0.25) is 0 Å². The topological polar surface area (TPSA) is 57.9 Å². The molecule has 0 aliphatic carbocycles. The minimum absolute atomic E-state index is 0. The highest BCUT2D eigenvalue weighted by Crippen LogP contribution is 2.18. The number of fused-ring (bicyclic) bond motifs is 1. The third-order valence-electron chi connectivity index (χ3n) is 3.89. The average molecular weight is 317 g/mol. The van der Waals surface area contributed by atoms with Gasteiger partial charge in [-0.3, -0.25) is 4.90 Å². The SMILES string of the molecule is Cl.Cl.NCC1CCN(Cc2ccc3cc[nH]c3n2)CC1. The molecule has 20 heavy (non-hydrogen) atoms. The third kappa shape index (κ3) is 3.85. The second-order valence-electron chi connectivity index (χ2n) is 5.17. The van der Waals surface area contributed by atoms with Crippen LogP contribution in [0.2, 0.25) is 0 Å². The summed E-state index contributed by atoms with van der Waals surface area (Å²) in [6, 6.07) is 6.32. The largest absolute Gasteiger partial charge is 0.346 e. The van der Waals surface area contributed by atoms with Crippen LogP contribution in [-0.4, -0.2) is 34.5 Å². The first kappa shape index (κ1) is 17.2. The molecule has 1 aliphatic rings. The summed E-state index contributed by atoms with van der Waals surface area (Å²) < 4.78 is 0. The number of piperidine rings is 1. The van der Waals surface area contributed by atoms with E-state index >= 15 is 0 Å². The Morgan fingerprint density at radius 3 is 2.65 bits per heavy atom. The highest BCUT2D eigenvalue weighted by molar-refractivity contribution is 5.85. The molecule has 1 aliphatic heterocycles. The highest BCUT2D eigenvalue weighted by atomic mass is 35.5. The van der Waals surface area contributed by atoms with Gasteiger partial charge in [0.05, 0.1) is 5.69 Å². The molecule has 3 heterocycles. The molecule has 0 spiro atoms. The molecule has 0 unspecified atom stereocenters. The molecule has 2 aromatic heterocycles. The van der Waals surface area contributed by atoms with E-state index in [-0.39, 0.29) is 24.8 Å². The number of likely N-dealkylation sites (tertiary alicyclic amines) is 1. The van der Waals surface area contributed by atoms with Crippen molar-refractivity contribution >= 4 is 35.8 Å². The molecule has 1 saturated heterocycles. The van der Waals surface area contributed by atoms with Gasteiger partial charge in [-0.15, -0.1) is 24.8 Å². The van der Waals surface area contributed by atoms with Crippen molar-refractivity contribution in [2.75, 3.05) is 19.6 Å². The maximum absolute atomic E-state index is 5.72. The van der Waals surface area contributed by atoms with E-state index in [9.17, 15) is 0 Å². The van der Waals surface area contributed by atoms with E-state index in [1.54, 1.807) is 0 Å². The van der Waals surface area contributed by atoms with Crippen LogP contribution in [0.1, 0.15) is 18.5 Å². The maximum atomic E-state index is 5.72. The van der Waals surface area contributed by atoms with Crippen LogP contribution in [0.15, 0.2) is 24.4 Å². The van der Waals surface area contributed by atoms with Crippen molar-refractivity contribution < 1.29 is 0 Å². The van der Waals surface area contributed by atoms with Crippen molar-refractivity contribution in [1.29, 1.82) is 0 Å². The Morgan fingerprint density at radius 2 is 1.95 bits per heavy atom. The standard InChI is InChI=1S/C14H20N4.2ClH/c15-9-11-4-7-18(8-5-11)10-13-2-1-12-3-6-16-14(12)17-13;;/h1-3,6,11H,4-5,7-10,15H2,(H,16,17);2*1H. The molecule has 0 radical (unpaired) electrons. The lowest BCUT2D eigenvalue weighted by atomic mass is 9.97. The number of aromatic nitrogens is 2. The lowest BCUT2D eigenvalue weighted by Crippen LogP contribution is -2.35. The number of hydrogen-bond acceptors (Lipinski definition) is 3. The van der Waals surface area contributed by atoms with Crippen LogP contribution in [0.4, 0.5) is 0 Å². The first-order valence-electron chi connectivity index (χ1n) is 6.70. The molecule has 2 aromatic rings. The summed E-state index contributed by atoms with van der Waals surface area (Å²) in [5.41, 5.74) is 7.86. The Kier molecular flexibility index (Phi) is 6.76. The van der Waals surface area contributed by atoms with Crippen LogP contribution in [0.25, 0.3) is 11.0 Å². The van der Waals surface area contributed by atoms with Crippen molar-refractivity contribution in [1.82, 2.24) is 14.9 Å². The number of halogens is 2. The highest BCUT2D eigenvalue weighted by Gasteiger charge is 2.18. The summed E-state index contributed by atoms with van der Waals surface area (Å²) in [7, 11) is 0. The van der Waals surface area contributed by atoms with Crippen LogP contribution < -0.4 is 5.73 Å². The minimum Gasteiger partial charge on any atom is -0.346 e. The Morgan fingerprint density at radius 1 is 1.20 bits per heavy atom. The van der Waals surface area contributed by atoms with E-state index < -0.39 is 0 Å². The summed E-state index contributed by atoms with van der Waals surface area (Å²) in [5.74, 6) is 0.722. The van der Waals surface area contributed by atoms with E-state index in [4.69, 9.17) is 5.73 Å². The van der Waals surface area contributed by atoms with Crippen molar-refractivity contribution in [3.05, 3.63) is 30.1 Å². The molecule has 112 valence electrons. The van der Waals surface area contributed by atoms with Crippen LogP contribution in [0.5, 0.6) is 0 Å². The van der Waals surface area contributed by atoms with Crippen molar-refractivity contribution in [2.45, 2.75) is 19.4 Å². The number of rotatable bonds is 3. The molecule has 0 aromatic carbocycles. The normalized spacial score (nSPS) is 16.6. The fourth-order valence-electron chi connectivity index (χ4n) is 2.67. The molecule has 3 rings (SSSR count). The predicted octanol–water partition coefficient (Wildman–Crippen LogP) is 2.58. The minimum atomic E-state index is 0. The van der Waals surface area contributed by atoms with Crippen molar-refractivity contribution in [3.63, 3.8) is 0 Å². The molecular weight excluding hydrogens is 295 g/mol. The molecule has 0 amide bonds. The molecule has 3 N–H and O–H groups in total. The van der Waals surface area contributed by atoms with Crippen LogP contribution in [-0.2, 0) is 6.54 Å². The molecule has 4 nitrogen and oxygen atoms in total. The summed E-state index contributed by atoms with van der Waals surface area (Å²) in [6.07, 6.45) is 4.39. The number of hydrogen-bond donors (Lipinski definition) is 2. The Balaban J connectivity index is 0.000001000. The second kappa shape index (κ2) is 7.84. The zero-order chi connectivity index (χ0) is 12.4. The first-order chi connectivity index (χ1) is 8.85. The molecule has 0 saturated carbocycles. The van der Waals surface area contributed by atoms with E-state index in [2.05, 4.69) is 33.1 Å². The van der Waals surface area contributed by atoms with Gasteiger partial charge in [0.25, 0.3) is 0 Å². The number of nitrogens with zero attached hydrogens (tertiary/aromatic N) is 2. The van der Waals surface area contributed by atoms with E-state index in [1.807, 2.05) is 6.20 Å². The van der Waals surface area contributed by atoms with Crippen LogP contribution >= 0.6 is 24.8 Å². The van der Waals surface area contributed by atoms with Gasteiger partial charge in [-0.1, -0.05) is 0 Å². The van der Waals surface area contributed by atoms with Gasteiger partial charge >= 0.3 is 0 Å². The van der Waals surface area contributed by atoms with Gasteiger partial charge in [0.1, 0.15) is 5.65 Å². The number of H-pyrrole nitrogens is 1. The molecule has 0 atom stereocenters. The van der Waals surface area contributed by atoms with Crippen LogP contribution in [0.3, 0.4) is 0 Å². The van der Waals surface area contributed by atoms with Gasteiger partial charge < -0.3 is 10.7 Å². The number of pyridine rings is 1. The fraction of sp³-hybridized carbons (Fsp3) is 0.500. The first-order valence-corrected chi connectivity index (χ1v) is 6.70. The van der Waals surface area contributed by atoms with Gasteiger partial charge in [0, 0.05) is 18.1 Å². The van der Waals surface area contributed by atoms with Gasteiger partial charge in [0.15, 0.2) is 0 Å². The van der Waals surface area contributed by atoms with Gasteiger partial charge in [-0.25, -0.2) is 4.98 Å². The van der Waals surface area contributed by atoms with E-state index in [0.717, 1.165) is 43.4 Å². The monoisotopic (exact) mass is 316 g/mol. The molecule has 6 heteroatoms. The fourth-order valence-corrected chi connectivity index (χ4v) is 2.67. The Labute approximate surface area is 131 Å². The van der Waals surface area contributed by atoms with Crippen LogP contribution in [0, 0.1) is 5.92 Å². The van der Waals surface area contributed by atoms with Gasteiger partial charge in [-0.05, 0) is 56.6 Å². The second-order valence-corrected chi connectivity index (χ2v) is 5.17. The number of nitrogens with one attached hydrogen (secondary N) is 1. The lowest BCUT2D eigenvalue weighted by Gasteiger charge is -2.30. The smallest absolute Gasteiger partial charge is 0.137 e. The van der Waals surface area contributed by atoms with E-state index in [1.165, 1.54) is 18.2 Å². The predicted molar refractivity (Wildman–Crippen MR) is 87.6 cm³/mol. The quantitative estimate of drug-likeness (QED) is 0.915. The van der Waals surface area contributed by atoms with E-state index in [0.29, 0.717) is 0 Å². The average Bonchev–Trinajstić information content (AvgIpc) is 2.87. The lowest BCUT2D eigenvalue weighted by molar-refractivity contribution is 0.179. The summed E-state index contributed by atoms with van der Waals surface area (Å²) in [4.78, 5) is 10.3. The zero-order valence-corrected chi connectivity index (χ0v) is 13.1. The third-order valence-corrected chi connectivity index (χ3v) is 3.89. The zero-order valence-electron chi connectivity index (χ0n) is 11.4. The maximum Gasteiger partial charge on any atom is 0.137 e. The van der Waals surface area contributed by atoms with Crippen molar-refractivity contribution in [2.24, 2.45) is 11.7 Å². The summed E-state index contributed by atoms with van der Waals surface area (Å²) >= 11 is 0. The molecule has 0 bridgehead atoms.